The molecule has 1 amide bonds. The molecule has 0 atom stereocenters. The minimum absolute atomic E-state index is 0.0745. The molecule has 0 aromatic carbocycles. The second-order valence-electron chi connectivity index (χ2n) is 3.67. The molecule has 0 radical (unpaired) electrons. The number of ketones is 1. The number of amidine groups is 1. The number of hydrogen-bond acceptors (Lipinski definition) is 4. The van der Waals surface area contributed by atoms with Crippen molar-refractivity contribution in [3.63, 3.8) is 0 Å². The molecule has 1 aliphatic heterocycles. The van der Waals surface area contributed by atoms with E-state index in [9.17, 15) is 9.59 Å². The Morgan fingerprint density at radius 2 is 1.80 bits per heavy atom. The summed E-state index contributed by atoms with van der Waals surface area (Å²) in [6.45, 7) is 8.89. The summed E-state index contributed by atoms with van der Waals surface area (Å²) in [4.78, 5) is 24.9. The van der Waals surface area contributed by atoms with Gasteiger partial charge in [0.25, 0.3) is 5.78 Å². The summed E-state index contributed by atoms with van der Waals surface area (Å²) in [5, 5.41) is 5.31. The standard InChI is InChI=1S/C10H17N3O2/c1-5-12(6-2)9-8(14)10(15)13(11-9)7(3)4/h7H,5-6H2,1-4H3. The van der Waals surface area contributed by atoms with Crippen molar-refractivity contribution < 1.29 is 9.59 Å². The Bertz CT molecular complexity index is 306. The van der Waals surface area contributed by atoms with Crippen molar-refractivity contribution in [2.75, 3.05) is 13.1 Å². The fraction of sp³-hybridized carbons (Fsp3) is 0.700. The van der Waals surface area contributed by atoms with Gasteiger partial charge in [-0.05, 0) is 27.7 Å². The number of hydrazone groups is 1. The number of hydrogen-bond donors (Lipinski definition) is 0. The number of nitrogens with zero attached hydrogens (tertiary/aromatic N) is 3. The maximum absolute atomic E-state index is 11.6. The largest absolute Gasteiger partial charge is 0.352 e. The summed E-state index contributed by atoms with van der Waals surface area (Å²) in [6, 6.07) is -0.0745. The van der Waals surface area contributed by atoms with Crippen molar-refractivity contribution in [3.8, 4) is 0 Å². The summed E-state index contributed by atoms with van der Waals surface area (Å²) in [5.41, 5.74) is 0. The van der Waals surface area contributed by atoms with Gasteiger partial charge in [-0.25, -0.2) is 5.01 Å². The van der Waals surface area contributed by atoms with E-state index >= 15 is 0 Å². The lowest BCUT2D eigenvalue weighted by molar-refractivity contribution is -0.140. The monoisotopic (exact) mass is 211 g/mol. The Hall–Kier alpha value is -1.39. The Balaban J connectivity index is 2.95. The van der Waals surface area contributed by atoms with E-state index < -0.39 is 11.7 Å². The van der Waals surface area contributed by atoms with Gasteiger partial charge >= 0.3 is 5.91 Å². The molecule has 5 nitrogen and oxygen atoms in total. The van der Waals surface area contributed by atoms with Crippen LogP contribution in [-0.4, -0.2) is 46.6 Å². The van der Waals surface area contributed by atoms with Crippen molar-refractivity contribution >= 4 is 17.5 Å². The smallest absolute Gasteiger partial charge is 0.318 e. The number of likely N-dealkylation sites (N-methyl/N-ethyl adjacent to an activating group) is 1. The molecular formula is C10H17N3O2. The van der Waals surface area contributed by atoms with Gasteiger partial charge in [0.1, 0.15) is 0 Å². The van der Waals surface area contributed by atoms with Crippen LogP contribution in [0.4, 0.5) is 0 Å². The molecule has 0 fully saturated rings. The molecule has 5 heteroatoms. The highest BCUT2D eigenvalue weighted by atomic mass is 16.2. The van der Waals surface area contributed by atoms with Crippen LogP contribution >= 0.6 is 0 Å². The van der Waals surface area contributed by atoms with E-state index in [1.807, 2.05) is 27.7 Å². The molecule has 1 aliphatic rings. The first-order valence-electron chi connectivity index (χ1n) is 5.24. The average molecular weight is 211 g/mol. The van der Waals surface area contributed by atoms with Crippen molar-refractivity contribution in [1.29, 1.82) is 0 Å². The molecule has 0 aromatic rings. The summed E-state index contributed by atoms with van der Waals surface area (Å²) in [6.07, 6.45) is 0. The van der Waals surface area contributed by atoms with Crippen molar-refractivity contribution in [1.82, 2.24) is 9.91 Å². The van der Waals surface area contributed by atoms with Crippen LogP contribution in [0.15, 0.2) is 5.10 Å². The third-order valence-electron chi connectivity index (χ3n) is 2.36. The van der Waals surface area contributed by atoms with Crippen molar-refractivity contribution in [3.05, 3.63) is 0 Å². The summed E-state index contributed by atoms with van der Waals surface area (Å²) in [7, 11) is 0. The van der Waals surface area contributed by atoms with Gasteiger partial charge < -0.3 is 4.90 Å². The SMILES string of the molecule is CCN(CC)C1=NN(C(C)C)C(=O)C1=O. The van der Waals surface area contributed by atoms with Crippen LogP contribution < -0.4 is 0 Å². The molecule has 1 rings (SSSR count). The average Bonchev–Trinajstić information content (AvgIpc) is 2.48. The summed E-state index contributed by atoms with van der Waals surface area (Å²) >= 11 is 0. The molecular weight excluding hydrogens is 194 g/mol. The maximum atomic E-state index is 11.6. The quantitative estimate of drug-likeness (QED) is 0.637. The van der Waals surface area contributed by atoms with Gasteiger partial charge in [-0.1, -0.05) is 0 Å². The maximum Gasteiger partial charge on any atom is 0.318 e. The van der Waals surface area contributed by atoms with E-state index in [2.05, 4.69) is 5.10 Å². The van der Waals surface area contributed by atoms with Crippen LogP contribution in [0.2, 0.25) is 0 Å². The second-order valence-corrected chi connectivity index (χ2v) is 3.67. The first-order chi connectivity index (χ1) is 7.02. The van der Waals surface area contributed by atoms with Crippen molar-refractivity contribution in [2.45, 2.75) is 33.7 Å². The van der Waals surface area contributed by atoms with E-state index in [0.717, 1.165) is 0 Å². The molecule has 0 aliphatic carbocycles. The normalized spacial score (nSPS) is 16.3. The van der Waals surface area contributed by atoms with Crippen LogP contribution in [0, 0.1) is 0 Å². The Kier molecular flexibility index (Phi) is 3.44. The number of amides is 1. The molecule has 84 valence electrons. The zero-order valence-electron chi connectivity index (χ0n) is 9.65. The van der Waals surface area contributed by atoms with Gasteiger partial charge in [0.05, 0.1) is 6.04 Å². The Morgan fingerprint density at radius 3 is 2.13 bits per heavy atom. The van der Waals surface area contributed by atoms with Crippen LogP contribution in [0.25, 0.3) is 0 Å². The first-order valence-corrected chi connectivity index (χ1v) is 5.24. The van der Waals surface area contributed by atoms with E-state index in [0.29, 0.717) is 13.1 Å². The zero-order chi connectivity index (χ0) is 11.6. The summed E-state index contributed by atoms with van der Waals surface area (Å²) < 4.78 is 0. The van der Waals surface area contributed by atoms with Gasteiger partial charge in [-0.15, -0.1) is 5.10 Å². The topological polar surface area (TPSA) is 53.0 Å². The predicted octanol–water partition coefficient (Wildman–Crippen LogP) is 0.461. The lowest BCUT2D eigenvalue weighted by Crippen LogP contribution is -2.37. The third kappa shape index (κ3) is 2.00. The fourth-order valence-electron chi connectivity index (χ4n) is 1.47. The molecule has 15 heavy (non-hydrogen) atoms. The minimum Gasteiger partial charge on any atom is -0.352 e. The van der Waals surface area contributed by atoms with Gasteiger partial charge in [0, 0.05) is 13.1 Å². The number of rotatable bonds is 3. The van der Waals surface area contributed by atoms with E-state index in [-0.39, 0.29) is 11.9 Å². The molecule has 0 aromatic heterocycles. The minimum atomic E-state index is -0.521. The van der Waals surface area contributed by atoms with Crippen LogP contribution in [0.5, 0.6) is 0 Å². The molecule has 0 N–H and O–H groups in total. The molecule has 0 unspecified atom stereocenters. The molecule has 0 saturated carbocycles. The van der Waals surface area contributed by atoms with Crippen LogP contribution in [0.3, 0.4) is 0 Å². The lowest BCUT2D eigenvalue weighted by Gasteiger charge is -2.18. The second kappa shape index (κ2) is 4.42. The molecule has 0 spiro atoms. The zero-order valence-corrected chi connectivity index (χ0v) is 9.65. The van der Waals surface area contributed by atoms with E-state index in [1.54, 1.807) is 4.90 Å². The highest BCUT2D eigenvalue weighted by molar-refractivity contribution is 6.66. The van der Waals surface area contributed by atoms with Gasteiger partial charge in [0.2, 0.25) is 5.84 Å². The predicted molar refractivity (Wildman–Crippen MR) is 57.3 cm³/mol. The highest BCUT2D eigenvalue weighted by Gasteiger charge is 2.37. The molecule has 0 saturated heterocycles. The molecule has 1 heterocycles. The van der Waals surface area contributed by atoms with Crippen LogP contribution in [0.1, 0.15) is 27.7 Å². The van der Waals surface area contributed by atoms with Crippen LogP contribution in [-0.2, 0) is 9.59 Å². The lowest BCUT2D eigenvalue weighted by atomic mass is 10.3. The Labute approximate surface area is 89.7 Å². The number of carbonyl (C=O) groups excluding carboxylic acids is 2. The first kappa shape index (κ1) is 11.7. The highest BCUT2D eigenvalue weighted by Crippen LogP contribution is 2.11. The fourth-order valence-corrected chi connectivity index (χ4v) is 1.47. The third-order valence-corrected chi connectivity index (χ3v) is 2.36. The Morgan fingerprint density at radius 1 is 1.27 bits per heavy atom. The van der Waals surface area contributed by atoms with Gasteiger partial charge in [-0.2, -0.15) is 0 Å². The van der Waals surface area contributed by atoms with E-state index in [4.69, 9.17) is 0 Å². The van der Waals surface area contributed by atoms with Gasteiger partial charge in [0.15, 0.2) is 0 Å². The number of carbonyl (C=O) groups is 2. The van der Waals surface area contributed by atoms with Gasteiger partial charge in [-0.3, -0.25) is 9.59 Å². The number of Topliss-reactive ketones (excluding diaryl/α,β-unsaturated/α-hetero) is 1. The summed E-state index contributed by atoms with van der Waals surface area (Å²) in [5.74, 6) is -0.738. The van der Waals surface area contributed by atoms with E-state index in [1.165, 1.54) is 5.01 Å². The molecule has 0 bridgehead atoms. The van der Waals surface area contributed by atoms with Crippen molar-refractivity contribution in [2.24, 2.45) is 5.10 Å².